The summed E-state index contributed by atoms with van der Waals surface area (Å²) in [6.45, 7) is 5.64. The molecule has 0 unspecified atom stereocenters. The van der Waals surface area contributed by atoms with E-state index in [1.54, 1.807) is 6.08 Å². The van der Waals surface area contributed by atoms with Gasteiger partial charge >= 0.3 is 0 Å². The van der Waals surface area contributed by atoms with Gasteiger partial charge in [0.2, 0.25) is 0 Å². The average Bonchev–Trinajstić information content (AvgIpc) is 2.71. The van der Waals surface area contributed by atoms with Crippen LogP contribution in [0.4, 0.5) is 0 Å². The highest BCUT2D eigenvalue weighted by Gasteiger charge is 2.40. The van der Waals surface area contributed by atoms with Crippen molar-refractivity contribution in [3.63, 3.8) is 0 Å². The molecule has 11 heavy (non-hydrogen) atoms. The van der Waals surface area contributed by atoms with Crippen LogP contribution in [0.5, 0.6) is 0 Å². The molecule has 1 heteroatoms. The molecule has 1 nitrogen and oxygen atoms in total. The van der Waals surface area contributed by atoms with E-state index in [2.05, 4.69) is 12.7 Å². The van der Waals surface area contributed by atoms with Gasteiger partial charge in [0.1, 0.15) is 0 Å². The quantitative estimate of drug-likeness (QED) is 0.611. The first kappa shape index (κ1) is 8.28. The molecule has 1 aliphatic carbocycles. The number of nitrogens with two attached hydrogens (primary N) is 1. The fourth-order valence-corrected chi connectivity index (χ4v) is 1.14. The zero-order valence-corrected chi connectivity index (χ0v) is 7.01. The van der Waals surface area contributed by atoms with Crippen molar-refractivity contribution in [3.8, 4) is 0 Å². The lowest BCUT2D eigenvalue weighted by Gasteiger charge is -2.08. The smallest absolute Gasteiger partial charge is 0.0407 e. The third-order valence-corrected chi connectivity index (χ3v) is 2.09. The zero-order chi connectivity index (χ0) is 8.32. The molecule has 0 aromatic carbocycles. The summed E-state index contributed by atoms with van der Waals surface area (Å²) in [4.78, 5) is 0. The number of hydrogen-bond donors (Lipinski definition) is 1. The Bertz CT molecular complexity index is 207. The molecular weight excluding hydrogens is 134 g/mol. The van der Waals surface area contributed by atoms with Gasteiger partial charge in [0.05, 0.1) is 0 Å². The summed E-state index contributed by atoms with van der Waals surface area (Å²) in [7, 11) is 0. The van der Waals surface area contributed by atoms with Crippen LogP contribution in [0.15, 0.2) is 36.5 Å². The topological polar surface area (TPSA) is 26.0 Å². The number of rotatable bonds is 3. The van der Waals surface area contributed by atoms with Crippen LogP contribution in [0, 0.1) is 0 Å². The molecule has 1 fully saturated rings. The van der Waals surface area contributed by atoms with E-state index in [9.17, 15) is 0 Å². The minimum Gasteiger partial charge on any atom is -0.321 e. The molecule has 1 rings (SSSR count). The Morgan fingerprint density at radius 2 is 2.18 bits per heavy atom. The number of hydrogen-bond acceptors (Lipinski definition) is 1. The second kappa shape index (κ2) is 3.05. The molecule has 0 saturated heterocycles. The van der Waals surface area contributed by atoms with E-state index >= 15 is 0 Å². The maximum Gasteiger partial charge on any atom is 0.0407 e. The predicted molar refractivity (Wildman–Crippen MR) is 49.2 cm³/mol. The van der Waals surface area contributed by atoms with Crippen LogP contribution in [0.25, 0.3) is 0 Å². The van der Waals surface area contributed by atoms with Crippen molar-refractivity contribution < 1.29 is 0 Å². The van der Waals surface area contributed by atoms with Crippen molar-refractivity contribution in [1.82, 2.24) is 0 Å². The standard InChI is InChI=1S/C10H15N/c1-3-5-6-9(4-2)10(11)7-8-10/h3-6H,1,7-8,11H2,2H3/b6-5-,9-4+. The molecule has 0 aliphatic heterocycles. The van der Waals surface area contributed by atoms with Gasteiger partial charge in [-0.15, -0.1) is 0 Å². The largest absolute Gasteiger partial charge is 0.321 e. The summed E-state index contributed by atoms with van der Waals surface area (Å²) in [5.74, 6) is 0. The second-order valence-corrected chi connectivity index (χ2v) is 2.99. The van der Waals surface area contributed by atoms with Crippen molar-refractivity contribution in [3.05, 3.63) is 36.5 Å². The fraction of sp³-hybridized carbons (Fsp3) is 0.400. The van der Waals surface area contributed by atoms with Gasteiger partial charge in [-0.1, -0.05) is 30.9 Å². The van der Waals surface area contributed by atoms with E-state index in [1.807, 2.05) is 19.1 Å². The Kier molecular flexibility index (Phi) is 2.30. The van der Waals surface area contributed by atoms with Crippen LogP contribution >= 0.6 is 0 Å². The lowest BCUT2D eigenvalue weighted by molar-refractivity contribution is 0.814. The molecule has 0 atom stereocenters. The van der Waals surface area contributed by atoms with Gasteiger partial charge in [0, 0.05) is 5.54 Å². The highest BCUT2D eigenvalue weighted by molar-refractivity contribution is 5.36. The van der Waals surface area contributed by atoms with Crippen LogP contribution < -0.4 is 5.73 Å². The highest BCUT2D eigenvalue weighted by atomic mass is 14.8. The summed E-state index contributed by atoms with van der Waals surface area (Å²) in [6, 6.07) is 0. The highest BCUT2D eigenvalue weighted by Crippen LogP contribution is 2.39. The lowest BCUT2D eigenvalue weighted by atomic mass is 10.1. The van der Waals surface area contributed by atoms with Crippen LogP contribution in [-0.4, -0.2) is 5.54 Å². The van der Waals surface area contributed by atoms with E-state index in [-0.39, 0.29) is 5.54 Å². The van der Waals surface area contributed by atoms with Crippen LogP contribution in [-0.2, 0) is 0 Å². The van der Waals surface area contributed by atoms with Gasteiger partial charge < -0.3 is 5.73 Å². The molecule has 0 aromatic heterocycles. The molecular formula is C10H15N. The Morgan fingerprint density at radius 3 is 2.55 bits per heavy atom. The van der Waals surface area contributed by atoms with Crippen LogP contribution in [0.2, 0.25) is 0 Å². The maximum absolute atomic E-state index is 5.99. The molecule has 0 heterocycles. The molecule has 0 bridgehead atoms. The zero-order valence-electron chi connectivity index (χ0n) is 7.01. The van der Waals surface area contributed by atoms with Gasteiger partial charge in [-0.05, 0) is 25.3 Å². The normalized spacial score (nSPS) is 22.2. The van der Waals surface area contributed by atoms with E-state index in [4.69, 9.17) is 5.73 Å². The van der Waals surface area contributed by atoms with Gasteiger partial charge in [-0.3, -0.25) is 0 Å². The average molecular weight is 149 g/mol. The van der Waals surface area contributed by atoms with Crippen molar-refractivity contribution in [2.75, 3.05) is 0 Å². The van der Waals surface area contributed by atoms with Crippen LogP contribution in [0.3, 0.4) is 0 Å². The van der Waals surface area contributed by atoms with Crippen LogP contribution in [0.1, 0.15) is 19.8 Å². The summed E-state index contributed by atoms with van der Waals surface area (Å²) in [5.41, 5.74) is 7.22. The van der Waals surface area contributed by atoms with Gasteiger partial charge in [-0.25, -0.2) is 0 Å². The maximum atomic E-state index is 5.99. The van der Waals surface area contributed by atoms with E-state index in [1.165, 1.54) is 5.57 Å². The van der Waals surface area contributed by atoms with E-state index in [0.29, 0.717) is 0 Å². The summed E-state index contributed by atoms with van der Waals surface area (Å²) >= 11 is 0. The molecule has 1 saturated carbocycles. The van der Waals surface area contributed by atoms with Gasteiger partial charge in [-0.2, -0.15) is 0 Å². The molecule has 1 aliphatic rings. The second-order valence-electron chi connectivity index (χ2n) is 2.99. The Balaban J connectivity index is 2.65. The Labute approximate surface area is 68.3 Å². The molecule has 0 aromatic rings. The first-order valence-corrected chi connectivity index (χ1v) is 3.98. The van der Waals surface area contributed by atoms with Crippen molar-refractivity contribution in [2.24, 2.45) is 5.73 Å². The van der Waals surface area contributed by atoms with Crippen molar-refractivity contribution in [2.45, 2.75) is 25.3 Å². The third kappa shape index (κ3) is 1.81. The minimum atomic E-state index is -0.00569. The predicted octanol–water partition coefficient (Wildman–Crippen LogP) is 2.17. The first-order chi connectivity index (χ1) is 5.23. The monoisotopic (exact) mass is 149 g/mol. The molecule has 2 N–H and O–H groups in total. The third-order valence-electron chi connectivity index (χ3n) is 2.09. The summed E-state index contributed by atoms with van der Waals surface area (Å²) < 4.78 is 0. The number of allylic oxidation sites excluding steroid dienone is 3. The molecule has 0 spiro atoms. The fourth-order valence-electron chi connectivity index (χ4n) is 1.14. The van der Waals surface area contributed by atoms with Gasteiger partial charge in [0.25, 0.3) is 0 Å². The van der Waals surface area contributed by atoms with E-state index < -0.39 is 0 Å². The Hall–Kier alpha value is -0.820. The first-order valence-electron chi connectivity index (χ1n) is 3.98. The van der Waals surface area contributed by atoms with Gasteiger partial charge in [0.15, 0.2) is 0 Å². The molecule has 60 valence electrons. The SMILES string of the molecule is C=C/C=C\C(=C/C)C1(N)CC1. The van der Waals surface area contributed by atoms with Crippen molar-refractivity contribution in [1.29, 1.82) is 0 Å². The van der Waals surface area contributed by atoms with Crippen molar-refractivity contribution >= 4 is 0 Å². The Morgan fingerprint density at radius 1 is 1.55 bits per heavy atom. The lowest BCUT2D eigenvalue weighted by Crippen LogP contribution is -2.23. The van der Waals surface area contributed by atoms with E-state index in [0.717, 1.165) is 12.8 Å². The molecule has 0 amide bonds. The minimum absolute atomic E-state index is 0.00569. The summed E-state index contributed by atoms with van der Waals surface area (Å²) in [5, 5.41) is 0. The summed E-state index contributed by atoms with van der Waals surface area (Å²) in [6.07, 6.45) is 10.1. The molecule has 0 radical (unpaired) electrons.